The molecule has 4 heteroatoms. The first-order valence-electron chi connectivity index (χ1n) is 6.94. The predicted molar refractivity (Wildman–Crippen MR) is 70.0 cm³/mol. The highest BCUT2D eigenvalue weighted by molar-refractivity contribution is 5.76. The van der Waals surface area contributed by atoms with E-state index in [1.54, 1.807) is 0 Å². The lowest BCUT2D eigenvalue weighted by molar-refractivity contribution is -0.146. The fourth-order valence-corrected chi connectivity index (χ4v) is 2.39. The molecule has 1 rings (SSSR count). The van der Waals surface area contributed by atoms with Crippen LogP contribution >= 0.6 is 0 Å². The van der Waals surface area contributed by atoms with Crippen LogP contribution in [0.5, 0.6) is 0 Å². The third-order valence-corrected chi connectivity index (χ3v) is 3.86. The molecule has 0 aliphatic heterocycles. The van der Waals surface area contributed by atoms with Crippen molar-refractivity contribution in [3.8, 4) is 0 Å². The summed E-state index contributed by atoms with van der Waals surface area (Å²) in [5.74, 6) is 0.499. The Morgan fingerprint density at radius 2 is 1.89 bits per heavy atom. The highest BCUT2D eigenvalue weighted by Gasteiger charge is 2.27. The Bertz CT molecular complexity index is 283. The molecule has 1 amide bonds. The van der Waals surface area contributed by atoms with E-state index in [1.807, 2.05) is 0 Å². The van der Waals surface area contributed by atoms with E-state index in [-0.39, 0.29) is 23.8 Å². The van der Waals surface area contributed by atoms with Gasteiger partial charge in [-0.1, -0.05) is 20.3 Å². The largest absolute Gasteiger partial charge is 0.469 e. The Balaban J connectivity index is 2.27. The molecular weight excluding hydrogens is 230 g/mol. The van der Waals surface area contributed by atoms with Crippen LogP contribution in [0.2, 0.25) is 0 Å². The molecule has 104 valence electrons. The Kier molecular flexibility index (Phi) is 6.16. The molecule has 1 N–H and O–H groups in total. The molecule has 0 spiro atoms. The lowest BCUT2D eigenvalue weighted by Crippen LogP contribution is -2.39. The van der Waals surface area contributed by atoms with E-state index in [9.17, 15) is 9.59 Å². The third kappa shape index (κ3) is 4.67. The van der Waals surface area contributed by atoms with Gasteiger partial charge in [-0.3, -0.25) is 9.59 Å². The number of methoxy groups -OCH3 is 1. The van der Waals surface area contributed by atoms with Crippen molar-refractivity contribution in [3.05, 3.63) is 0 Å². The molecular formula is C14H25NO3. The molecule has 1 saturated carbocycles. The number of ether oxygens (including phenoxy) is 1. The molecule has 1 unspecified atom stereocenters. The Morgan fingerprint density at radius 1 is 1.28 bits per heavy atom. The number of carbonyl (C=O) groups is 2. The van der Waals surface area contributed by atoms with Gasteiger partial charge in [0.25, 0.3) is 0 Å². The van der Waals surface area contributed by atoms with Gasteiger partial charge in [0.2, 0.25) is 5.91 Å². The van der Waals surface area contributed by atoms with E-state index < -0.39 is 0 Å². The van der Waals surface area contributed by atoms with Crippen LogP contribution in [0.25, 0.3) is 0 Å². The zero-order chi connectivity index (χ0) is 13.5. The lowest BCUT2D eigenvalue weighted by atomic mass is 9.86. The zero-order valence-corrected chi connectivity index (χ0v) is 11.7. The number of nitrogens with one attached hydrogen (secondary N) is 1. The summed E-state index contributed by atoms with van der Waals surface area (Å²) in [4.78, 5) is 23.1. The van der Waals surface area contributed by atoms with Crippen molar-refractivity contribution >= 4 is 11.9 Å². The summed E-state index contributed by atoms with van der Waals surface area (Å²) in [5, 5.41) is 3.07. The molecule has 4 nitrogen and oxygen atoms in total. The first-order valence-corrected chi connectivity index (χ1v) is 6.94. The van der Waals surface area contributed by atoms with Crippen molar-refractivity contribution in [1.82, 2.24) is 5.32 Å². The van der Waals surface area contributed by atoms with Gasteiger partial charge in [-0.2, -0.15) is 0 Å². The van der Waals surface area contributed by atoms with E-state index in [0.29, 0.717) is 12.3 Å². The summed E-state index contributed by atoms with van der Waals surface area (Å²) in [6.45, 7) is 4.19. The van der Waals surface area contributed by atoms with Crippen LogP contribution in [0.4, 0.5) is 0 Å². The summed E-state index contributed by atoms with van der Waals surface area (Å²) in [6.07, 6.45) is 5.04. The molecule has 0 radical (unpaired) electrons. The minimum atomic E-state index is -0.112. The Hall–Kier alpha value is -1.06. The van der Waals surface area contributed by atoms with Crippen LogP contribution < -0.4 is 5.32 Å². The third-order valence-electron chi connectivity index (χ3n) is 3.86. The maximum absolute atomic E-state index is 11.7. The monoisotopic (exact) mass is 255 g/mol. The number of hydrogen-bond donors (Lipinski definition) is 1. The molecule has 0 saturated heterocycles. The second-order valence-corrected chi connectivity index (χ2v) is 5.36. The van der Waals surface area contributed by atoms with Crippen molar-refractivity contribution in [1.29, 1.82) is 0 Å². The highest BCUT2D eigenvalue weighted by Crippen LogP contribution is 2.25. The predicted octanol–water partition coefficient (Wildman–Crippen LogP) is 2.27. The van der Waals surface area contributed by atoms with Gasteiger partial charge in [-0.25, -0.2) is 0 Å². The SMILES string of the molecule is CCC(C)CC(=O)NC1CCC(C(=O)OC)CC1. The van der Waals surface area contributed by atoms with Crippen LogP contribution in [0, 0.1) is 11.8 Å². The van der Waals surface area contributed by atoms with Gasteiger partial charge < -0.3 is 10.1 Å². The van der Waals surface area contributed by atoms with Crippen LogP contribution in [0.1, 0.15) is 52.4 Å². The molecule has 1 atom stereocenters. The topological polar surface area (TPSA) is 55.4 Å². The highest BCUT2D eigenvalue weighted by atomic mass is 16.5. The van der Waals surface area contributed by atoms with Crippen LogP contribution in [-0.2, 0) is 14.3 Å². The maximum atomic E-state index is 11.7. The van der Waals surface area contributed by atoms with Gasteiger partial charge in [0.15, 0.2) is 0 Å². The first-order chi connectivity index (χ1) is 8.56. The summed E-state index contributed by atoms with van der Waals surface area (Å²) < 4.78 is 4.75. The van der Waals surface area contributed by atoms with E-state index in [2.05, 4.69) is 19.2 Å². The minimum Gasteiger partial charge on any atom is -0.469 e. The molecule has 0 heterocycles. The summed E-state index contributed by atoms with van der Waals surface area (Å²) in [5.41, 5.74) is 0. The Labute approximate surface area is 109 Å². The van der Waals surface area contributed by atoms with E-state index in [1.165, 1.54) is 7.11 Å². The van der Waals surface area contributed by atoms with Crippen molar-refractivity contribution in [2.45, 2.75) is 58.4 Å². The molecule has 18 heavy (non-hydrogen) atoms. The van der Waals surface area contributed by atoms with Gasteiger partial charge >= 0.3 is 5.97 Å². The van der Waals surface area contributed by atoms with Crippen molar-refractivity contribution < 1.29 is 14.3 Å². The fourth-order valence-electron chi connectivity index (χ4n) is 2.39. The zero-order valence-electron chi connectivity index (χ0n) is 11.7. The molecule has 1 aliphatic rings. The second kappa shape index (κ2) is 7.39. The van der Waals surface area contributed by atoms with E-state index in [0.717, 1.165) is 32.1 Å². The van der Waals surface area contributed by atoms with Gasteiger partial charge in [0.05, 0.1) is 13.0 Å². The Morgan fingerprint density at radius 3 is 2.39 bits per heavy atom. The fraction of sp³-hybridized carbons (Fsp3) is 0.857. The molecule has 0 bridgehead atoms. The van der Waals surface area contributed by atoms with Crippen LogP contribution in [0.15, 0.2) is 0 Å². The second-order valence-electron chi connectivity index (χ2n) is 5.36. The molecule has 0 aromatic rings. The van der Waals surface area contributed by atoms with E-state index in [4.69, 9.17) is 4.74 Å². The molecule has 1 aliphatic carbocycles. The molecule has 0 aromatic heterocycles. The number of amides is 1. The van der Waals surface area contributed by atoms with Gasteiger partial charge in [-0.15, -0.1) is 0 Å². The quantitative estimate of drug-likeness (QED) is 0.767. The maximum Gasteiger partial charge on any atom is 0.308 e. The summed E-state index contributed by atoms with van der Waals surface area (Å²) in [7, 11) is 1.43. The number of hydrogen-bond acceptors (Lipinski definition) is 3. The smallest absolute Gasteiger partial charge is 0.308 e. The average Bonchev–Trinajstić information content (AvgIpc) is 2.38. The summed E-state index contributed by atoms with van der Waals surface area (Å²) >= 11 is 0. The average molecular weight is 255 g/mol. The first kappa shape index (κ1) is 15.0. The standard InChI is InChI=1S/C14H25NO3/c1-4-10(2)9-13(16)15-12-7-5-11(6-8-12)14(17)18-3/h10-12H,4-9H2,1-3H3,(H,15,16). The van der Waals surface area contributed by atoms with Crippen LogP contribution in [-0.4, -0.2) is 25.0 Å². The van der Waals surface area contributed by atoms with E-state index >= 15 is 0 Å². The van der Waals surface area contributed by atoms with Gasteiger partial charge in [0, 0.05) is 12.5 Å². The molecule has 0 aromatic carbocycles. The van der Waals surface area contributed by atoms with Crippen LogP contribution in [0.3, 0.4) is 0 Å². The van der Waals surface area contributed by atoms with Gasteiger partial charge in [-0.05, 0) is 31.6 Å². The molecule has 1 fully saturated rings. The lowest BCUT2D eigenvalue weighted by Gasteiger charge is -2.27. The van der Waals surface area contributed by atoms with Crippen molar-refractivity contribution in [2.75, 3.05) is 7.11 Å². The van der Waals surface area contributed by atoms with Gasteiger partial charge in [0.1, 0.15) is 0 Å². The van der Waals surface area contributed by atoms with Crippen molar-refractivity contribution in [2.24, 2.45) is 11.8 Å². The number of carbonyl (C=O) groups excluding carboxylic acids is 2. The van der Waals surface area contributed by atoms with Crippen molar-refractivity contribution in [3.63, 3.8) is 0 Å². The normalized spacial score (nSPS) is 25.3. The summed E-state index contributed by atoms with van der Waals surface area (Å²) in [6, 6.07) is 0.238. The minimum absolute atomic E-state index is 0.0257. The number of esters is 1. The number of rotatable bonds is 5.